The SMILES string of the molecule is COc1ccc(-c2cn3cccnc3n2)cc1NC(=O)C1(c2ccc(F)cc2)CC1. The summed E-state index contributed by atoms with van der Waals surface area (Å²) in [6, 6.07) is 13.5. The molecule has 6 nitrogen and oxygen atoms in total. The van der Waals surface area contributed by atoms with Crippen LogP contribution < -0.4 is 10.1 Å². The number of hydrogen-bond donors (Lipinski definition) is 1. The van der Waals surface area contributed by atoms with Crippen molar-refractivity contribution in [3.8, 4) is 17.0 Å². The van der Waals surface area contributed by atoms with E-state index in [-0.39, 0.29) is 11.7 Å². The molecule has 0 bridgehead atoms. The van der Waals surface area contributed by atoms with Crippen LogP contribution in [-0.4, -0.2) is 27.4 Å². The van der Waals surface area contributed by atoms with Crippen LogP contribution in [0.15, 0.2) is 67.1 Å². The molecule has 0 unspecified atom stereocenters. The Labute approximate surface area is 172 Å². The monoisotopic (exact) mass is 402 g/mol. The van der Waals surface area contributed by atoms with Gasteiger partial charge in [0, 0.05) is 24.2 Å². The number of carbonyl (C=O) groups excluding carboxylic acids is 1. The second kappa shape index (κ2) is 6.95. The van der Waals surface area contributed by atoms with Gasteiger partial charge >= 0.3 is 0 Å². The lowest BCUT2D eigenvalue weighted by molar-refractivity contribution is -0.118. The Morgan fingerprint density at radius 3 is 2.70 bits per heavy atom. The molecule has 0 radical (unpaired) electrons. The maximum Gasteiger partial charge on any atom is 0.235 e. The lowest BCUT2D eigenvalue weighted by Crippen LogP contribution is -2.28. The maximum absolute atomic E-state index is 13.3. The van der Waals surface area contributed by atoms with E-state index in [0.29, 0.717) is 17.2 Å². The van der Waals surface area contributed by atoms with E-state index in [9.17, 15) is 9.18 Å². The number of amides is 1. The Morgan fingerprint density at radius 1 is 1.20 bits per heavy atom. The average Bonchev–Trinajstić information content (AvgIpc) is 3.46. The zero-order chi connectivity index (χ0) is 20.7. The van der Waals surface area contributed by atoms with Gasteiger partial charge in [-0.2, -0.15) is 0 Å². The largest absolute Gasteiger partial charge is 0.495 e. The number of ether oxygens (including phenoxy) is 1. The summed E-state index contributed by atoms with van der Waals surface area (Å²) < 4.78 is 20.6. The van der Waals surface area contributed by atoms with Crippen molar-refractivity contribution in [2.75, 3.05) is 12.4 Å². The van der Waals surface area contributed by atoms with Crippen LogP contribution in [0.5, 0.6) is 5.75 Å². The predicted octanol–water partition coefficient (Wildman–Crippen LogP) is 4.21. The fraction of sp³-hybridized carbons (Fsp3) is 0.174. The number of aromatic nitrogens is 3. The first kappa shape index (κ1) is 18.3. The molecular formula is C23H19FN4O2. The smallest absolute Gasteiger partial charge is 0.235 e. The molecule has 4 aromatic rings. The molecule has 1 aliphatic rings. The second-order valence-electron chi connectivity index (χ2n) is 7.41. The molecule has 7 heteroatoms. The van der Waals surface area contributed by atoms with Crippen molar-refractivity contribution >= 4 is 17.4 Å². The van der Waals surface area contributed by atoms with Crippen LogP contribution in [0, 0.1) is 5.82 Å². The van der Waals surface area contributed by atoms with E-state index >= 15 is 0 Å². The van der Waals surface area contributed by atoms with Crippen molar-refractivity contribution in [3.63, 3.8) is 0 Å². The van der Waals surface area contributed by atoms with Gasteiger partial charge < -0.3 is 10.1 Å². The quantitative estimate of drug-likeness (QED) is 0.543. The fourth-order valence-corrected chi connectivity index (χ4v) is 3.72. The third kappa shape index (κ3) is 3.08. The molecule has 0 aliphatic heterocycles. The lowest BCUT2D eigenvalue weighted by Gasteiger charge is -2.18. The number of rotatable bonds is 5. The maximum atomic E-state index is 13.3. The predicted molar refractivity (Wildman–Crippen MR) is 111 cm³/mol. The molecule has 2 aromatic heterocycles. The number of carbonyl (C=O) groups is 1. The Balaban J connectivity index is 1.47. The number of methoxy groups -OCH3 is 1. The lowest BCUT2D eigenvalue weighted by atomic mass is 9.94. The van der Waals surface area contributed by atoms with E-state index < -0.39 is 5.41 Å². The number of benzene rings is 2. The zero-order valence-electron chi connectivity index (χ0n) is 16.3. The van der Waals surface area contributed by atoms with Gasteiger partial charge in [0.05, 0.1) is 23.9 Å². The third-order valence-corrected chi connectivity index (χ3v) is 5.56. The first-order valence-electron chi connectivity index (χ1n) is 9.65. The highest BCUT2D eigenvalue weighted by atomic mass is 19.1. The van der Waals surface area contributed by atoms with Gasteiger partial charge in [0.1, 0.15) is 11.6 Å². The Bertz CT molecular complexity index is 1210. The van der Waals surface area contributed by atoms with Gasteiger partial charge in [-0.25, -0.2) is 14.4 Å². The van der Waals surface area contributed by atoms with Crippen molar-refractivity contribution < 1.29 is 13.9 Å². The highest BCUT2D eigenvalue weighted by Crippen LogP contribution is 2.49. The molecule has 1 fully saturated rings. The molecule has 2 aromatic carbocycles. The van der Waals surface area contributed by atoms with Gasteiger partial charge in [-0.05, 0) is 54.8 Å². The summed E-state index contributed by atoms with van der Waals surface area (Å²) in [5.74, 6) is 0.721. The Morgan fingerprint density at radius 2 is 2.00 bits per heavy atom. The van der Waals surface area contributed by atoms with Gasteiger partial charge in [0.15, 0.2) is 0 Å². The van der Waals surface area contributed by atoms with E-state index in [1.807, 2.05) is 35.0 Å². The average molecular weight is 402 g/mol. The Hall–Kier alpha value is -3.74. The molecule has 1 saturated carbocycles. The first-order valence-corrected chi connectivity index (χ1v) is 9.65. The van der Waals surface area contributed by atoms with Crippen molar-refractivity contribution in [2.45, 2.75) is 18.3 Å². The number of nitrogens with one attached hydrogen (secondary N) is 1. The van der Waals surface area contributed by atoms with Crippen molar-refractivity contribution in [1.82, 2.24) is 14.4 Å². The molecule has 150 valence electrons. The summed E-state index contributed by atoms with van der Waals surface area (Å²) >= 11 is 0. The van der Waals surface area contributed by atoms with Gasteiger partial charge in [-0.3, -0.25) is 9.20 Å². The van der Waals surface area contributed by atoms with E-state index in [0.717, 1.165) is 29.7 Å². The number of halogens is 1. The normalized spacial score (nSPS) is 14.5. The van der Waals surface area contributed by atoms with Crippen LogP contribution in [0.1, 0.15) is 18.4 Å². The molecule has 2 heterocycles. The van der Waals surface area contributed by atoms with Crippen LogP contribution in [-0.2, 0) is 10.2 Å². The number of anilines is 1. The highest BCUT2D eigenvalue weighted by Gasteiger charge is 2.51. The molecule has 1 N–H and O–H groups in total. The van der Waals surface area contributed by atoms with Crippen molar-refractivity contribution in [1.29, 1.82) is 0 Å². The van der Waals surface area contributed by atoms with Crippen molar-refractivity contribution in [3.05, 3.63) is 78.5 Å². The van der Waals surface area contributed by atoms with E-state index in [1.165, 1.54) is 12.1 Å². The van der Waals surface area contributed by atoms with Gasteiger partial charge in [-0.15, -0.1) is 0 Å². The third-order valence-electron chi connectivity index (χ3n) is 5.56. The topological polar surface area (TPSA) is 68.5 Å². The molecule has 1 aliphatic carbocycles. The molecule has 0 atom stereocenters. The number of nitrogens with zero attached hydrogens (tertiary/aromatic N) is 3. The standard InChI is InChI=1S/C23H19FN4O2/c1-30-20-8-3-15(19-14-28-12-2-11-25-22(28)27-19)13-18(20)26-21(29)23(9-10-23)16-4-6-17(24)7-5-16/h2-8,11-14H,9-10H2,1H3,(H,26,29). The molecular weight excluding hydrogens is 383 g/mol. The van der Waals surface area contributed by atoms with Crippen LogP contribution in [0.3, 0.4) is 0 Å². The van der Waals surface area contributed by atoms with Gasteiger partial charge in [0.2, 0.25) is 11.7 Å². The summed E-state index contributed by atoms with van der Waals surface area (Å²) in [4.78, 5) is 21.9. The molecule has 1 amide bonds. The van der Waals surface area contributed by atoms with Crippen molar-refractivity contribution in [2.24, 2.45) is 0 Å². The minimum absolute atomic E-state index is 0.124. The van der Waals surface area contributed by atoms with E-state index in [4.69, 9.17) is 4.74 Å². The molecule has 30 heavy (non-hydrogen) atoms. The molecule has 0 spiro atoms. The number of hydrogen-bond acceptors (Lipinski definition) is 4. The van der Waals surface area contributed by atoms with Crippen LogP contribution in [0.4, 0.5) is 10.1 Å². The second-order valence-corrected chi connectivity index (χ2v) is 7.41. The fourth-order valence-electron chi connectivity index (χ4n) is 3.72. The minimum atomic E-state index is -0.623. The summed E-state index contributed by atoms with van der Waals surface area (Å²) in [5.41, 5.74) is 2.35. The van der Waals surface area contributed by atoms with Crippen LogP contribution in [0.2, 0.25) is 0 Å². The van der Waals surface area contributed by atoms with Crippen LogP contribution >= 0.6 is 0 Å². The highest BCUT2D eigenvalue weighted by molar-refractivity contribution is 6.02. The Kier molecular flexibility index (Phi) is 4.24. The number of fused-ring (bicyclic) bond motifs is 1. The zero-order valence-corrected chi connectivity index (χ0v) is 16.3. The molecule has 0 saturated heterocycles. The summed E-state index contributed by atoms with van der Waals surface area (Å²) in [5, 5.41) is 3.01. The minimum Gasteiger partial charge on any atom is -0.495 e. The molecule has 5 rings (SSSR count). The van der Waals surface area contributed by atoms with Gasteiger partial charge in [0.25, 0.3) is 0 Å². The summed E-state index contributed by atoms with van der Waals surface area (Å²) in [6.45, 7) is 0. The summed E-state index contributed by atoms with van der Waals surface area (Å²) in [6.07, 6.45) is 6.91. The first-order chi connectivity index (χ1) is 14.6. The van der Waals surface area contributed by atoms with E-state index in [2.05, 4.69) is 15.3 Å². The summed E-state index contributed by atoms with van der Waals surface area (Å²) in [7, 11) is 1.56. The van der Waals surface area contributed by atoms with Crippen LogP contribution in [0.25, 0.3) is 17.0 Å². The van der Waals surface area contributed by atoms with E-state index in [1.54, 1.807) is 31.5 Å². The van der Waals surface area contributed by atoms with Gasteiger partial charge in [-0.1, -0.05) is 12.1 Å². The number of imidazole rings is 1.